The van der Waals surface area contributed by atoms with E-state index in [-0.39, 0.29) is 17.3 Å². The number of alkyl halides is 1. The third kappa shape index (κ3) is 7.94. The summed E-state index contributed by atoms with van der Waals surface area (Å²) in [5.41, 5.74) is 18.7. The van der Waals surface area contributed by atoms with Crippen molar-refractivity contribution in [3.8, 4) is 5.88 Å². The molecule has 0 spiro atoms. The molecule has 0 atom stereocenters. The number of Topliss-reactive ketones (excluding diaryl/α,β-unsaturated/α-hetero) is 1. The molecule has 0 saturated carbocycles. The van der Waals surface area contributed by atoms with Crippen molar-refractivity contribution in [3.63, 3.8) is 0 Å². The van der Waals surface area contributed by atoms with Crippen LogP contribution in [-0.2, 0) is 0 Å². The van der Waals surface area contributed by atoms with Gasteiger partial charge in [0.25, 0.3) is 5.56 Å². The van der Waals surface area contributed by atoms with Crippen molar-refractivity contribution in [3.05, 3.63) is 91.6 Å². The van der Waals surface area contributed by atoms with Gasteiger partial charge in [-0.1, -0.05) is 72.1 Å². The van der Waals surface area contributed by atoms with Crippen molar-refractivity contribution in [2.24, 2.45) is 4.99 Å². The molecule has 3 heterocycles. The quantitative estimate of drug-likeness (QED) is 0.178. The number of anilines is 3. The van der Waals surface area contributed by atoms with Gasteiger partial charge in [-0.05, 0) is 29.8 Å². The SMILES string of the molecule is Nc1nc[nH]c(=O)c1N.Nc1ncnc2c1N=C(c1ccc(Br)cc1)CO2.O=C(CBr)c1ccc(Br)cc1. The first-order valence-corrected chi connectivity index (χ1v) is 13.4. The number of ketones is 1. The fourth-order valence-corrected chi connectivity index (χ4v) is 3.67. The van der Waals surface area contributed by atoms with Gasteiger partial charge < -0.3 is 26.9 Å². The van der Waals surface area contributed by atoms with Crippen LogP contribution >= 0.6 is 47.8 Å². The molecule has 4 aromatic rings. The predicted molar refractivity (Wildman–Crippen MR) is 158 cm³/mol. The molecule has 7 N–H and O–H groups in total. The van der Waals surface area contributed by atoms with Crippen molar-refractivity contribution in [2.45, 2.75) is 0 Å². The zero-order chi connectivity index (χ0) is 27.7. The second kappa shape index (κ2) is 13.8. The minimum Gasteiger partial charge on any atom is -0.469 e. The van der Waals surface area contributed by atoms with E-state index in [4.69, 9.17) is 21.9 Å². The number of carbonyl (C=O) groups excluding carboxylic acids is 1. The first-order valence-electron chi connectivity index (χ1n) is 10.7. The highest BCUT2D eigenvalue weighted by atomic mass is 79.9. The molecule has 0 fully saturated rings. The molecule has 0 bridgehead atoms. The van der Waals surface area contributed by atoms with Crippen molar-refractivity contribution < 1.29 is 9.53 Å². The van der Waals surface area contributed by atoms with Gasteiger partial charge in [0.2, 0.25) is 5.88 Å². The molecule has 196 valence electrons. The van der Waals surface area contributed by atoms with E-state index in [0.29, 0.717) is 29.3 Å². The van der Waals surface area contributed by atoms with Gasteiger partial charge in [-0.2, -0.15) is 4.98 Å². The summed E-state index contributed by atoms with van der Waals surface area (Å²) in [5.74, 6) is 0.939. The number of nitrogens with zero attached hydrogens (tertiary/aromatic N) is 4. The molecule has 2 aromatic heterocycles. The first-order chi connectivity index (χ1) is 18.2. The number of nitrogen functional groups attached to an aromatic ring is 3. The lowest BCUT2D eigenvalue weighted by Gasteiger charge is -2.16. The maximum Gasteiger partial charge on any atom is 0.276 e. The molecule has 0 aliphatic carbocycles. The van der Waals surface area contributed by atoms with Crippen LogP contribution in [0, 0.1) is 0 Å². The Morgan fingerprint density at radius 2 is 1.55 bits per heavy atom. The molecule has 38 heavy (non-hydrogen) atoms. The summed E-state index contributed by atoms with van der Waals surface area (Å²) in [6.07, 6.45) is 2.57. The van der Waals surface area contributed by atoms with Crippen LogP contribution in [0.1, 0.15) is 15.9 Å². The largest absolute Gasteiger partial charge is 0.469 e. The fraction of sp³-hybridized carbons (Fsp3) is 0.0833. The maximum absolute atomic E-state index is 11.1. The number of ether oxygens (including phenoxy) is 1. The Labute approximate surface area is 242 Å². The van der Waals surface area contributed by atoms with E-state index >= 15 is 0 Å². The van der Waals surface area contributed by atoms with Gasteiger partial charge in [-0.3, -0.25) is 9.59 Å². The highest BCUT2D eigenvalue weighted by molar-refractivity contribution is 9.10. The number of fused-ring (bicyclic) bond motifs is 1. The maximum atomic E-state index is 11.1. The van der Waals surface area contributed by atoms with Crippen LogP contribution in [0.3, 0.4) is 0 Å². The molecule has 0 radical (unpaired) electrons. The monoisotopic (exact) mass is 706 g/mol. The molecule has 1 aliphatic rings. The lowest BCUT2D eigenvalue weighted by atomic mass is 10.1. The van der Waals surface area contributed by atoms with Crippen LogP contribution in [0.25, 0.3) is 0 Å². The van der Waals surface area contributed by atoms with Crippen LogP contribution in [0.5, 0.6) is 5.88 Å². The van der Waals surface area contributed by atoms with Gasteiger partial charge in [0.1, 0.15) is 18.6 Å². The average Bonchev–Trinajstić information content (AvgIpc) is 2.93. The fourth-order valence-electron chi connectivity index (χ4n) is 2.82. The van der Waals surface area contributed by atoms with Crippen molar-refractivity contribution >= 4 is 82.3 Å². The molecule has 14 heteroatoms. The van der Waals surface area contributed by atoms with Crippen molar-refractivity contribution in [1.82, 2.24) is 19.9 Å². The van der Waals surface area contributed by atoms with Gasteiger partial charge >= 0.3 is 0 Å². The number of carbonyl (C=O) groups is 1. The molecule has 5 rings (SSSR count). The number of halogens is 3. The van der Waals surface area contributed by atoms with E-state index in [1.54, 1.807) is 12.1 Å². The van der Waals surface area contributed by atoms with Crippen LogP contribution in [0.15, 0.2) is 79.9 Å². The Morgan fingerprint density at radius 1 is 0.921 bits per heavy atom. The standard InChI is InChI=1S/C12H9BrN4O.C8H6Br2O.C4H6N4O/c13-8-3-1-7(2-4-8)9-5-18-12-10(17-9)11(14)15-6-16-12;9-5-8(11)6-1-3-7(10)4-2-6;5-2-3(6)7-1-8-4(2)9/h1-4,6H,5H2,(H2,14,15,16);1-4H,5H2;1H,5H2,(H3,6,7,8,9). The molecular weight excluding hydrogens is 688 g/mol. The van der Waals surface area contributed by atoms with E-state index in [1.807, 2.05) is 36.4 Å². The smallest absolute Gasteiger partial charge is 0.276 e. The molecular formula is C24H21Br3N8O3. The number of H-pyrrole nitrogens is 1. The molecule has 1 aliphatic heterocycles. The van der Waals surface area contributed by atoms with Gasteiger partial charge in [0.05, 0.1) is 17.4 Å². The van der Waals surface area contributed by atoms with E-state index in [9.17, 15) is 9.59 Å². The number of aromatic nitrogens is 4. The summed E-state index contributed by atoms with van der Waals surface area (Å²) in [4.78, 5) is 39.8. The number of nitrogens with two attached hydrogens (primary N) is 3. The van der Waals surface area contributed by atoms with Crippen molar-refractivity contribution in [1.29, 1.82) is 0 Å². The number of nitrogens with one attached hydrogen (secondary N) is 1. The molecule has 2 aromatic carbocycles. The lowest BCUT2D eigenvalue weighted by molar-refractivity contribution is 0.102. The second-order valence-electron chi connectivity index (χ2n) is 7.36. The normalized spacial score (nSPS) is 11.4. The van der Waals surface area contributed by atoms with Crippen LogP contribution in [0.4, 0.5) is 23.0 Å². The van der Waals surface area contributed by atoms with Crippen LogP contribution in [0.2, 0.25) is 0 Å². The van der Waals surface area contributed by atoms with E-state index in [0.717, 1.165) is 25.8 Å². The van der Waals surface area contributed by atoms with E-state index < -0.39 is 5.56 Å². The molecule has 0 unspecified atom stereocenters. The Hall–Kier alpha value is -3.62. The average molecular weight is 709 g/mol. The summed E-state index contributed by atoms with van der Waals surface area (Å²) < 4.78 is 7.54. The predicted octanol–water partition coefficient (Wildman–Crippen LogP) is 4.30. The van der Waals surface area contributed by atoms with E-state index in [1.165, 1.54) is 12.7 Å². The summed E-state index contributed by atoms with van der Waals surface area (Å²) in [6, 6.07) is 15.2. The van der Waals surface area contributed by atoms with Crippen LogP contribution in [-0.4, -0.2) is 43.4 Å². The number of rotatable bonds is 3. The minimum atomic E-state index is -0.400. The third-order valence-corrected chi connectivity index (χ3v) is 6.36. The van der Waals surface area contributed by atoms with Gasteiger partial charge in [-0.15, -0.1) is 0 Å². The summed E-state index contributed by atoms with van der Waals surface area (Å²) in [6.45, 7) is 0.380. The molecule has 11 nitrogen and oxygen atoms in total. The van der Waals surface area contributed by atoms with Crippen molar-refractivity contribution in [2.75, 3.05) is 29.1 Å². The van der Waals surface area contributed by atoms with Crippen LogP contribution < -0.4 is 27.5 Å². The highest BCUT2D eigenvalue weighted by Gasteiger charge is 2.18. The summed E-state index contributed by atoms with van der Waals surface area (Å²) in [5, 5.41) is 0.384. The van der Waals surface area contributed by atoms with Gasteiger partial charge in [-0.25, -0.2) is 15.0 Å². The Morgan fingerprint density at radius 3 is 2.13 bits per heavy atom. The lowest BCUT2D eigenvalue weighted by Crippen LogP contribution is -2.17. The minimum absolute atomic E-state index is 0.0301. The molecule has 0 amide bonds. The number of benzene rings is 2. The topological polar surface area (TPSA) is 188 Å². The molecule has 0 saturated heterocycles. The zero-order valence-electron chi connectivity index (χ0n) is 19.6. The Kier molecular flexibility index (Phi) is 10.5. The van der Waals surface area contributed by atoms with Gasteiger partial charge in [0.15, 0.2) is 23.1 Å². The highest BCUT2D eigenvalue weighted by Crippen LogP contribution is 2.33. The van der Waals surface area contributed by atoms with E-state index in [2.05, 4.69) is 72.7 Å². The summed E-state index contributed by atoms with van der Waals surface area (Å²) >= 11 is 9.80. The number of aliphatic imine (C=N–C) groups is 1. The second-order valence-corrected chi connectivity index (χ2v) is 9.75. The Bertz CT molecular complexity index is 1490. The van der Waals surface area contributed by atoms with Gasteiger partial charge in [0, 0.05) is 14.5 Å². The first kappa shape index (κ1) is 28.9. The Balaban J connectivity index is 0.000000172. The number of aromatic amines is 1. The summed E-state index contributed by atoms with van der Waals surface area (Å²) in [7, 11) is 0. The number of hydrogen-bond donors (Lipinski definition) is 4. The third-order valence-electron chi connectivity index (χ3n) is 4.79. The number of hydrogen-bond acceptors (Lipinski definition) is 10. The zero-order valence-corrected chi connectivity index (χ0v) is 24.3.